The van der Waals surface area contributed by atoms with Crippen LogP contribution in [0.4, 0.5) is 0 Å². The van der Waals surface area contributed by atoms with Crippen molar-refractivity contribution in [1.29, 1.82) is 0 Å². The lowest BCUT2D eigenvalue weighted by atomic mass is 9.85. The predicted molar refractivity (Wildman–Crippen MR) is 208 cm³/mol. The van der Waals surface area contributed by atoms with Gasteiger partial charge in [0.25, 0.3) is 0 Å². The Balaban J connectivity index is 1.29. The first-order chi connectivity index (χ1) is 24.9. The van der Waals surface area contributed by atoms with Gasteiger partial charge in [-0.25, -0.2) is 0 Å². The Morgan fingerprint density at radius 1 is 0.519 bits per heavy atom. The second kappa shape index (κ2) is 17.3. The average molecular weight is 828 g/mol. The lowest BCUT2D eigenvalue weighted by Crippen LogP contribution is -2.23. The van der Waals surface area contributed by atoms with Crippen LogP contribution in [-0.2, 0) is 0 Å². The lowest BCUT2D eigenvalue weighted by molar-refractivity contribution is 0.0449. The van der Waals surface area contributed by atoms with E-state index in [2.05, 4.69) is 47.8 Å². The smallest absolute Gasteiger partial charge is 0.161 e. The summed E-state index contributed by atoms with van der Waals surface area (Å²) in [5.74, 6) is 4.73. The Labute approximate surface area is 320 Å². The third-order valence-corrected chi connectivity index (χ3v) is 11.0. The van der Waals surface area contributed by atoms with Gasteiger partial charge in [0.15, 0.2) is 34.5 Å². The molecule has 0 saturated carbocycles. The van der Waals surface area contributed by atoms with Crippen molar-refractivity contribution < 1.29 is 43.4 Å². The predicted octanol–water partition coefficient (Wildman–Crippen LogP) is 7.99. The Morgan fingerprint density at radius 2 is 0.904 bits per heavy atom. The molecule has 0 amide bonds. The summed E-state index contributed by atoms with van der Waals surface area (Å²) in [7, 11) is 8.00. The fourth-order valence-electron chi connectivity index (χ4n) is 6.83. The highest BCUT2D eigenvalue weighted by atomic mass is 127. The van der Waals surface area contributed by atoms with Crippen LogP contribution < -0.4 is 38.5 Å². The van der Waals surface area contributed by atoms with Crippen LogP contribution in [0.15, 0.2) is 72.8 Å². The van der Waals surface area contributed by atoms with Crippen LogP contribution in [0, 0.1) is 15.4 Å². The van der Waals surface area contributed by atoms with Gasteiger partial charge in [-0.1, -0.05) is 38.1 Å². The van der Waals surface area contributed by atoms with Gasteiger partial charge in [-0.15, -0.1) is 0 Å². The summed E-state index contributed by atoms with van der Waals surface area (Å²) in [6.45, 7) is 8.16. The molecule has 11 heteroatoms. The van der Waals surface area contributed by atoms with E-state index < -0.39 is 24.4 Å². The van der Waals surface area contributed by atoms with Crippen LogP contribution in [0.5, 0.6) is 40.2 Å². The molecule has 1 fully saturated rings. The van der Waals surface area contributed by atoms with E-state index in [1.54, 1.807) is 53.7 Å². The zero-order valence-electron chi connectivity index (χ0n) is 31.2. The van der Waals surface area contributed by atoms with Crippen LogP contribution in [-0.4, -0.2) is 58.0 Å². The zero-order valence-corrected chi connectivity index (χ0v) is 33.3. The van der Waals surface area contributed by atoms with Gasteiger partial charge >= 0.3 is 0 Å². The Bertz CT molecular complexity index is 1820. The fourth-order valence-corrected chi connectivity index (χ4v) is 7.59. The van der Waals surface area contributed by atoms with Crippen molar-refractivity contribution in [2.75, 3.05) is 35.5 Å². The molecule has 4 aromatic rings. The molecular formula is C41H50INO9. The summed E-state index contributed by atoms with van der Waals surface area (Å²) in [5, 5.41) is 26.0. The standard InChI is InChI=1S/C41H50INO9/c1-22-23(2)39(27-11-17-34(37(20-27)50-9)52-25(4)41(45)29-13-15-32(47-6)35(21-29)48-7)43-38(22)26-10-16-33(36(19-26)49-8)51-24(3)40(44)28-12-14-31(46-5)30(42)18-28/h10-25,38-41,43-45H,1-9H3/t22-,23?,24?,25-,38+,39?,40?,41+/m1/s1. The molecule has 1 aliphatic rings. The van der Waals surface area contributed by atoms with Gasteiger partial charge in [0.1, 0.15) is 30.2 Å². The third kappa shape index (κ3) is 8.33. The van der Waals surface area contributed by atoms with Crippen molar-refractivity contribution in [3.05, 3.63) is 98.6 Å². The topological polar surface area (TPSA) is 117 Å². The summed E-state index contributed by atoms with van der Waals surface area (Å²) in [5.41, 5.74) is 3.54. The average Bonchev–Trinajstić information content (AvgIpc) is 3.46. The van der Waals surface area contributed by atoms with E-state index >= 15 is 0 Å². The molecule has 1 aliphatic heterocycles. The summed E-state index contributed by atoms with van der Waals surface area (Å²) in [4.78, 5) is 0. The van der Waals surface area contributed by atoms with E-state index in [-0.39, 0.29) is 18.0 Å². The first-order valence-corrected chi connectivity index (χ1v) is 18.4. The molecule has 1 saturated heterocycles. The minimum absolute atomic E-state index is 0.0436. The molecule has 52 heavy (non-hydrogen) atoms. The third-order valence-electron chi connectivity index (χ3n) is 10.1. The van der Waals surface area contributed by atoms with Gasteiger partial charge < -0.3 is 48.7 Å². The maximum atomic E-state index is 11.1. The second-order valence-electron chi connectivity index (χ2n) is 13.2. The summed E-state index contributed by atoms with van der Waals surface area (Å²) in [6.07, 6.45) is -2.87. The monoisotopic (exact) mass is 827 g/mol. The Morgan fingerprint density at radius 3 is 1.33 bits per heavy atom. The number of aliphatic hydroxyl groups excluding tert-OH is 2. The van der Waals surface area contributed by atoms with E-state index in [0.717, 1.165) is 26.0 Å². The number of rotatable bonds is 15. The Kier molecular flexibility index (Phi) is 13.1. The minimum Gasteiger partial charge on any atom is -0.496 e. The van der Waals surface area contributed by atoms with E-state index in [0.29, 0.717) is 46.0 Å². The maximum Gasteiger partial charge on any atom is 0.161 e. The molecule has 0 bridgehead atoms. The number of halogens is 1. The van der Waals surface area contributed by atoms with E-state index in [4.69, 9.17) is 33.2 Å². The van der Waals surface area contributed by atoms with Gasteiger partial charge in [0, 0.05) is 12.1 Å². The molecule has 4 unspecified atom stereocenters. The van der Waals surface area contributed by atoms with Crippen molar-refractivity contribution in [3.8, 4) is 40.2 Å². The largest absolute Gasteiger partial charge is 0.496 e. The molecule has 10 nitrogen and oxygen atoms in total. The van der Waals surface area contributed by atoms with E-state index in [1.165, 1.54) is 0 Å². The van der Waals surface area contributed by atoms with E-state index in [1.807, 2.05) is 62.4 Å². The van der Waals surface area contributed by atoms with Crippen molar-refractivity contribution in [2.24, 2.45) is 11.8 Å². The number of methoxy groups -OCH3 is 5. The number of aliphatic hydroxyl groups is 2. The molecule has 4 aromatic carbocycles. The van der Waals surface area contributed by atoms with Crippen molar-refractivity contribution in [3.63, 3.8) is 0 Å². The van der Waals surface area contributed by atoms with Crippen LogP contribution in [0.2, 0.25) is 0 Å². The molecule has 280 valence electrons. The van der Waals surface area contributed by atoms with Crippen LogP contribution in [0.3, 0.4) is 0 Å². The molecule has 3 N–H and O–H groups in total. The highest BCUT2D eigenvalue weighted by Crippen LogP contribution is 2.47. The fraction of sp³-hybridized carbons (Fsp3) is 0.415. The quantitative estimate of drug-likeness (QED) is 0.102. The number of ether oxygens (including phenoxy) is 7. The summed E-state index contributed by atoms with van der Waals surface area (Å²) < 4.78 is 41.1. The van der Waals surface area contributed by atoms with Gasteiger partial charge in [-0.05, 0) is 119 Å². The van der Waals surface area contributed by atoms with Gasteiger partial charge in [0.05, 0.1) is 39.1 Å². The molecule has 5 rings (SSSR count). The molecule has 0 aliphatic carbocycles. The second-order valence-corrected chi connectivity index (χ2v) is 14.4. The minimum atomic E-state index is -0.915. The maximum absolute atomic E-state index is 11.1. The van der Waals surface area contributed by atoms with Gasteiger partial charge in [0.2, 0.25) is 0 Å². The highest BCUT2D eigenvalue weighted by molar-refractivity contribution is 14.1. The van der Waals surface area contributed by atoms with Gasteiger partial charge in [-0.3, -0.25) is 0 Å². The van der Waals surface area contributed by atoms with E-state index in [9.17, 15) is 10.2 Å². The number of nitrogens with one attached hydrogen (secondary N) is 1. The summed E-state index contributed by atoms with van der Waals surface area (Å²) >= 11 is 2.19. The molecule has 0 radical (unpaired) electrons. The molecule has 0 spiro atoms. The number of benzene rings is 4. The molecular weight excluding hydrogens is 777 g/mol. The van der Waals surface area contributed by atoms with Gasteiger partial charge in [-0.2, -0.15) is 0 Å². The molecule has 1 heterocycles. The lowest BCUT2D eigenvalue weighted by Gasteiger charge is -2.24. The van der Waals surface area contributed by atoms with Crippen LogP contribution in [0.25, 0.3) is 0 Å². The van der Waals surface area contributed by atoms with Crippen molar-refractivity contribution in [2.45, 2.75) is 64.2 Å². The Hall–Kier alpha value is -3.91. The zero-order chi connectivity index (χ0) is 37.7. The summed E-state index contributed by atoms with van der Waals surface area (Å²) in [6, 6.07) is 22.9. The molecule has 0 aromatic heterocycles. The highest BCUT2D eigenvalue weighted by Gasteiger charge is 2.39. The normalized spacial score (nSPS) is 20.7. The van der Waals surface area contributed by atoms with Crippen LogP contribution in [0.1, 0.15) is 74.2 Å². The molecule has 8 atom stereocenters. The first kappa shape index (κ1) is 39.3. The number of hydrogen-bond acceptors (Lipinski definition) is 10. The van der Waals surface area contributed by atoms with Crippen molar-refractivity contribution in [1.82, 2.24) is 5.32 Å². The van der Waals surface area contributed by atoms with Crippen molar-refractivity contribution >= 4 is 22.6 Å². The van der Waals surface area contributed by atoms with Crippen LogP contribution >= 0.6 is 22.6 Å². The number of hydrogen-bond donors (Lipinski definition) is 3. The SMILES string of the molecule is COc1ccc(C(O)C(C)Oc2ccc([C@H]3NC(c4ccc(O[C@H](C)[C@H](O)c5ccc(OC)c(OC)c5)c(OC)c4)C(C)[C@H]3C)cc2OC)cc1I. The first-order valence-electron chi connectivity index (χ1n) is 17.3.